The Hall–Kier alpha value is -3.56. The number of hydrogen-bond acceptors (Lipinski definition) is 6. The summed E-state index contributed by atoms with van der Waals surface area (Å²) < 4.78 is 3.35. The molecular weight excluding hydrogens is 713 g/mol. The van der Waals surface area contributed by atoms with Gasteiger partial charge in [-0.05, 0) is 100 Å². The predicted molar refractivity (Wildman–Crippen MR) is 250 cm³/mol. The summed E-state index contributed by atoms with van der Waals surface area (Å²) in [4.78, 5) is 11.4. The number of benzene rings is 2. The topological polar surface area (TPSA) is 26.0 Å². The molecule has 6 nitrogen and oxygen atoms in total. The van der Waals surface area contributed by atoms with Gasteiger partial charge in [0.2, 0.25) is 5.69 Å². The van der Waals surface area contributed by atoms with Crippen LogP contribution in [0.3, 0.4) is 0 Å². The average molecular weight is 783 g/mol. The summed E-state index contributed by atoms with van der Waals surface area (Å²) in [5.74, 6) is 2.46. The number of hydrogen-bond donors (Lipinski definition) is 0. The number of quaternary nitrogens is 1. The standard InChI is InChI=1S/C47H70N6S2/c1-8-48-33-15-12-10-11-13-21-43-23-28-45(29-24-43)50(4)36-17-34-49(3)35-19-41-54-55-42-20-40-53(6,7)39-18-37-51(5)46-30-25-44(26-31-46)27-32-47-22-14-16-38-52(47)9-2/h10-16,21-33,38H,8-9,17-20,34-37,39-42H2,1-7H3/q+2/b11-10+,15-12-,21-13+,48-33?. The van der Waals surface area contributed by atoms with Gasteiger partial charge >= 0.3 is 0 Å². The average Bonchev–Trinajstić information content (AvgIpc) is 3.19. The molecule has 0 amide bonds. The quantitative estimate of drug-likeness (QED) is 0.0192. The van der Waals surface area contributed by atoms with Crippen LogP contribution in [0.2, 0.25) is 0 Å². The summed E-state index contributed by atoms with van der Waals surface area (Å²) in [6, 6.07) is 24.1. The highest BCUT2D eigenvalue weighted by Gasteiger charge is 2.15. The van der Waals surface area contributed by atoms with Crippen LogP contribution in [0.15, 0.2) is 108 Å². The van der Waals surface area contributed by atoms with Crippen LogP contribution in [0, 0.1) is 0 Å². The third kappa shape index (κ3) is 19.7. The van der Waals surface area contributed by atoms with E-state index in [0.717, 1.165) is 37.2 Å². The minimum atomic E-state index is 0.821. The first-order chi connectivity index (χ1) is 26.7. The molecule has 0 saturated heterocycles. The fourth-order valence-corrected chi connectivity index (χ4v) is 8.37. The Labute approximate surface area is 343 Å². The van der Waals surface area contributed by atoms with E-state index in [4.69, 9.17) is 0 Å². The van der Waals surface area contributed by atoms with Gasteiger partial charge in [-0.1, -0.05) is 76.2 Å². The van der Waals surface area contributed by atoms with Crippen LogP contribution in [0.4, 0.5) is 11.4 Å². The van der Waals surface area contributed by atoms with E-state index in [1.807, 2.05) is 37.4 Å². The molecule has 0 aliphatic rings. The van der Waals surface area contributed by atoms with E-state index in [-0.39, 0.29) is 0 Å². The maximum absolute atomic E-state index is 4.17. The van der Waals surface area contributed by atoms with Crippen LogP contribution in [-0.2, 0) is 6.54 Å². The first-order valence-corrected chi connectivity index (χ1v) is 22.7. The number of aromatic nitrogens is 1. The van der Waals surface area contributed by atoms with Gasteiger partial charge in [-0.2, -0.15) is 4.57 Å². The molecule has 0 aliphatic carbocycles. The summed E-state index contributed by atoms with van der Waals surface area (Å²) in [6.45, 7) is 12.9. The molecule has 0 fully saturated rings. The first kappa shape index (κ1) is 45.8. The zero-order chi connectivity index (χ0) is 39.6. The van der Waals surface area contributed by atoms with Gasteiger partial charge in [-0.25, -0.2) is 0 Å². The summed E-state index contributed by atoms with van der Waals surface area (Å²) in [7, 11) is 15.6. The molecule has 0 bridgehead atoms. The molecule has 55 heavy (non-hydrogen) atoms. The predicted octanol–water partition coefficient (Wildman–Crippen LogP) is 9.90. The van der Waals surface area contributed by atoms with Crippen molar-refractivity contribution in [3.8, 4) is 0 Å². The second-order valence-electron chi connectivity index (χ2n) is 14.8. The first-order valence-electron chi connectivity index (χ1n) is 20.2. The molecule has 1 heterocycles. The van der Waals surface area contributed by atoms with Crippen LogP contribution in [0.1, 0.15) is 56.4 Å². The number of nitrogens with zero attached hydrogens (tertiary/aromatic N) is 6. The monoisotopic (exact) mass is 783 g/mol. The van der Waals surface area contributed by atoms with Crippen molar-refractivity contribution in [2.24, 2.45) is 4.99 Å². The lowest BCUT2D eigenvalue weighted by Gasteiger charge is -2.31. The fraction of sp³-hybridized carbons (Fsp3) is 0.447. The van der Waals surface area contributed by atoms with Gasteiger partial charge in [0.05, 0.1) is 27.2 Å². The Kier molecular flexibility index (Phi) is 22.6. The zero-order valence-electron chi connectivity index (χ0n) is 35.0. The summed E-state index contributed by atoms with van der Waals surface area (Å²) >= 11 is 0. The van der Waals surface area contributed by atoms with Crippen molar-refractivity contribution < 1.29 is 9.05 Å². The van der Waals surface area contributed by atoms with E-state index in [0.29, 0.717) is 0 Å². The second kappa shape index (κ2) is 27.1. The smallest absolute Gasteiger partial charge is 0.205 e. The number of aryl methyl sites for hydroxylation is 1. The van der Waals surface area contributed by atoms with Crippen molar-refractivity contribution in [1.82, 2.24) is 4.90 Å². The van der Waals surface area contributed by atoms with Gasteiger partial charge in [0.25, 0.3) is 0 Å². The molecule has 298 valence electrons. The van der Waals surface area contributed by atoms with Gasteiger partial charge in [-0.3, -0.25) is 4.99 Å². The number of anilines is 2. The minimum Gasteiger partial charge on any atom is -0.375 e. The number of allylic oxidation sites excluding steroid dienone is 5. The van der Waals surface area contributed by atoms with Crippen molar-refractivity contribution >= 4 is 57.4 Å². The summed E-state index contributed by atoms with van der Waals surface area (Å²) in [5.41, 5.74) is 6.22. The largest absolute Gasteiger partial charge is 0.375 e. The molecule has 0 spiro atoms. The van der Waals surface area contributed by atoms with Gasteiger partial charge in [0.1, 0.15) is 6.54 Å². The molecular formula is C47H70N6S2+2. The highest BCUT2D eigenvalue weighted by Crippen LogP contribution is 2.23. The molecule has 1 aromatic heterocycles. The van der Waals surface area contributed by atoms with Crippen molar-refractivity contribution in [1.29, 1.82) is 0 Å². The van der Waals surface area contributed by atoms with Gasteiger partial charge in [-0.15, -0.1) is 0 Å². The SMILES string of the molecule is CCN=C\C=C/C=C/C=C/c1ccc(N(C)CCCN(C)CCCSSCCC[N+](C)(C)CCCN(C)c2ccc(/C=C/c3cccc[n+]3CC)cc2)cc1. The van der Waals surface area contributed by atoms with Crippen molar-refractivity contribution in [2.75, 3.05) is 102 Å². The lowest BCUT2D eigenvalue weighted by molar-refractivity contribution is -0.890. The molecule has 0 saturated carbocycles. The maximum Gasteiger partial charge on any atom is 0.205 e. The van der Waals surface area contributed by atoms with E-state index in [1.165, 1.54) is 85.0 Å². The zero-order valence-corrected chi connectivity index (χ0v) is 36.7. The van der Waals surface area contributed by atoms with Crippen LogP contribution < -0.4 is 14.4 Å². The second-order valence-corrected chi connectivity index (χ2v) is 17.5. The van der Waals surface area contributed by atoms with Gasteiger partial charge in [0, 0.05) is 93.9 Å². The molecule has 8 heteroatoms. The van der Waals surface area contributed by atoms with Crippen LogP contribution in [0.25, 0.3) is 18.2 Å². The molecule has 0 aliphatic heterocycles. The van der Waals surface area contributed by atoms with Crippen LogP contribution >= 0.6 is 21.6 Å². The van der Waals surface area contributed by atoms with E-state index < -0.39 is 0 Å². The Morgan fingerprint density at radius 3 is 1.87 bits per heavy atom. The molecule has 3 aromatic rings. The number of aliphatic imine (C=N–C) groups is 1. The normalized spacial score (nSPS) is 12.5. The number of pyridine rings is 1. The number of rotatable bonds is 27. The van der Waals surface area contributed by atoms with Gasteiger partial charge in [0.15, 0.2) is 6.20 Å². The minimum absolute atomic E-state index is 0.821. The van der Waals surface area contributed by atoms with Crippen molar-refractivity contribution in [3.05, 3.63) is 120 Å². The van der Waals surface area contributed by atoms with Crippen LogP contribution in [0.5, 0.6) is 0 Å². The molecule has 3 rings (SSSR count). The van der Waals surface area contributed by atoms with E-state index in [2.05, 4.69) is 185 Å². The Bertz CT molecular complexity index is 1610. The molecule has 0 N–H and O–H groups in total. The van der Waals surface area contributed by atoms with E-state index >= 15 is 0 Å². The van der Waals surface area contributed by atoms with Gasteiger partial charge < -0.3 is 19.2 Å². The Morgan fingerprint density at radius 1 is 0.618 bits per heavy atom. The molecule has 2 aromatic carbocycles. The molecule has 0 atom stereocenters. The fourth-order valence-electron chi connectivity index (χ4n) is 6.22. The van der Waals surface area contributed by atoms with E-state index in [9.17, 15) is 0 Å². The Morgan fingerprint density at radius 2 is 1.20 bits per heavy atom. The van der Waals surface area contributed by atoms with Crippen LogP contribution in [-0.4, -0.2) is 108 Å². The third-order valence-corrected chi connectivity index (χ3v) is 12.2. The highest BCUT2D eigenvalue weighted by atomic mass is 33.1. The summed E-state index contributed by atoms with van der Waals surface area (Å²) in [6.07, 6.45) is 25.5. The third-order valence-electron chi connectivity index (χ3n) is 9.67. The molecule has 0 unspecified atom stereocenters. The van der Waals surface area contributed by atoms with Crippen molar-refractivity contribution in [2.45, 2.75) is 46.1 Å². The maximum atomic E-state index is 4.17. The lowest BCUT2D eigenvalue weighted by Crippen LogP contribution is -2.42. The highest BCUT2D eigenvalue weighted by molar-refractivity contribution is 8.76. The Balaban J connectivity index is 1.19. The molecule has 0 radical (unpaired) electrons. The van der Waals surface area contributed by atoms with E-state index in [1.54, 1.807) is 0 Å². The summed E-state index contributed by atoms with van der Waals surface area (Å²) in [5, 5.41) is 0. The van der Waals surface area contributed by atoms with Crippen molar-refractivity contribution in [3.63, 3.8) is 0 Å². The lowest BCUT2D eigenvalue weighted by atomic mass is 10.1.